The van der Waals surface area contributed by atoms with Crippen LogP contribution in [0.4, 0.5) is 0 Å². The Morgan fingerprint density at radius 3 is 2.79 bits per heavy atom. The van der Waals surface area contributed by atoms with Crippen LogP contribution in [0.3, 0.4) is 0 Å². The molecule has 1 aromatic rings. The number of allylic oxidation sites excluding steroid dienone is 1. The molecule has 3 rings (SSSR count). The summed E-state index contributed by atoms with van der Waals surface area (Å²) in [5.74, 6) is 0.207. The van der Waals surface area contributed by atoms with Gasteiger partial charge < -0.3 is 10.2 Å². The number of amides is 2. The minimum atomic E-state index is -0.0371. The fourth-order valence-corrected chi connectivity index (χ4v) is 3.54. The molecule has 0 saturated carbocycles. The molecule has 4 heteroatoms. The first-order chi connectivity index (χ1) is 11.7. The van der Waals surface area contributed by atoms with Crippen LogP contribution in [0.2, 0.25) is 0 Å². The summed E-state index contributed by atoms with van der Waals surface area (Å²) in [5, 5.41) is 3.04. The zero-order chi connectivity index (χ0) is 16.8. The Morgan fingerprint density at radius 2 is 2.04 bits per heavy atom. The summed E-state index contributed by atoms with van der Waals surface area (Å²) in [4.78, 5) is 26.2. The molecule has 1 aliphatic carbocycles. The number of hydrogen-bond acceptors (Lipinski definition) is 2. The first kappa shape index (κ1) is 16.7. The summed E-state index contributed by atoms with van der Waals surface area (Å²) in [6.07, 6.45) is 8.55. The Bertz CT molecular complexity index is 609. The van der Waals surface area contributed by atoms with E-state index in [0.29, 0.717) is 19.4 Å². The number of carbonyl (C=O) groups excluding carboxylic acids is 2. The van der Waals surface area contributed by atoms with Crippen molar-refractivity contribution in [2.45, 2.75) is 51.0 Å². The summed E-state index contributed by atoms with van der Waals surface area (Å²) in [5.41, 5.74) is 2.49. The monoisotopic (exact) mass is 326 g/mol. The highest BCUT2D eigenvalue weighted by Crippen LogP contribution is 2.20. The molecule has 4 nitrogen and oxygen atoms in total. The van der Waals surface area contributed by atoms with Gasteiger partial charge in [-0.05, 0) is 37.7 Å². The van der Waals surface area contributed by atoms with Gasteiger partial charge in [0, 0.05) is 25.9 Å². The fraction of sp³-hybridized carbons (Fsp3) is 0.500. The maximum Gasteiger partial charge on any atom is 0.224 e. The van der Waals surface area contributed by atoms with Crippen molar-refractivity contribution < 1.29 is 9.59 Å². The van der Waals surface area contributed by atoms with Gasteiger partial charge in [0.25, 0.3) is 0 Å². The van der Waals surface area contributed by atoms with Crippen LogP contribution in [-0.2, 0) is 16.0 Å². The maximum absolute atomic E-state index is 12.2. The van der Waals surface area contributed by atoms with Crippen LogP contribution in [0.5, 0.6) is 0 Å². The van der Waals surface area contributed by atoms with Gasteiger partial charge in [0.1, 0.15) is 0 Å². The average molecular weight is 326 g/mol. The Labute approximate surface area is 143 Å². The van der Waals surface area contributed by atoms with Crippen LogP contribution in [-0.4, -0.2) is 35.8 Å². The van der Waals surface area contributed by atoms with Gasteiger partial charge in [-0.3, -0.25) is 9.59 Å². The van der Waals surface area contributed by atoms with E-state index in [9.17, 15) is 9.59 Å². The van der Waals surface area contributed by atoms with Crippen LogP contribution in [0.1, 0.15) is 44.1 Å². The number of carbonyl (C=O) groups is 2. The van der Waals surface area contributed by atoms with Gasteiger partial charge in [0.05, 0.1) is 6.04 Å². The van der Waals surface area contributed by atoms with E-state index in [0.717, 1.165) is 25.8 Å². The third-order valence-electron chi connectivity index (χ3n) is 4.87. The standard InChI is InChI=1S/C20H26N2O2/c23-19(13-17-9-5-2-6-10-17)21-18-14-20(24)22(15-18)12-11-16-7-3-1-4-8-16/h1,3-4,7-9,18H,2,5-6,10-15H2,(H,21,23). The number of nitrogens with one attached hydrogen (secondary N) is 1. The van der Waals surface area contributed by atoms with Crippen molar-refractivity contribution in [1.82, 2.24) is 10.2 Å². The Kier molecular flexibility index (Phi) is 5.68. The summed E-state index contributed by atoms with van der Waals surface area (Å²) >= 11 is 0. The molecule has 0 spiro atoms. The lowest BCUT2D eigenvalue weighted by Crippen LogP contribution is -2.37. The molecule has 1 saturated heterocycles. The molecule has 2 aliphatic rings. The molecule has 1 unspecified atom stereocenters. The van der Waals surface area contributed by atoms with Crippen LogP contribution in [0, 0.1) is 0 Å². The van der Waals surface area contributed by atoms with Gasteiger partial charge in [-0.1, -0.05) is 42.0 Å². The van der Waals surface area contributed by atoms with E-state index >= 15 is 0 Å². The van der Waals surface area contributed by atoms with Crippen molar-refractivity contribution in [3.8, 4) is 0 Å². The topological polar surface area (TPSA) is 49.4 Å². The third kappa shape index (κ3) is 4.70. The summed E-state index contributed by atoms with van der Waals surface area (Å²) in [6.45, 7) is 1.36. The smallest absolute Gasteiger partial charge is 0.224 e. The van der Waals surface area contributed by atoms with Gasteiger partial charge in [-0.25, -0.2) is 0 Å². The van der Waals surface area contributed by atoms with Crippen molar-refractivity contribution in [3.63, 3.8) is 0 Å². The minimum Gasteiger partial charge on any atom is -0.351 e. The van der Waals surface area contributed by atoms with Crippen molar-refractivity contribution in [1.29, 1.82) is 0 Å². The molecule has 1 heterocycles. The van der Waals surface area contributed by atoms with Gasteiger partial charge in [0.2, 0.25) is 11.8 Å². The molecule has 1 N–H and O–H groups in total. The molecule has 128 valence electrons. The first-order valence-corrected chi connectivity index (χ1v) is 8.99. The molecule has 0 radical (unpaired) electrons. The van der Waals surface area contributed by atoms with Crippen molar-refractivity contribution in [2.75, 3.05) is 13.1 Å². The summed E-state index contributed by atoms with van der Waals surface area (Å²) < 4.78 is 0. The summed E-state index contributed by atoms with van der Waals surface area (Å²) in [7, 11) is 0. The van der Waals surface area contributed by atoms with Crippen LogP contribution < -0.4 is 5.32 Å². The molecule has 1 fully saturated rings. The minimum absolute atomic E-state index is 0.0371. The van der Waals surface area contributed by atoms with Crippen molar-refractivity contribution in [2.24, 2.45) is 0 Å². The normalized spacial score (nSPS) is 20.8. The molecular weight excluding hydrogens is 300 g/mol. The number of likely N-dealkylation sites (tertiary alicyclic amines) is 1. The first-order valence-electron chi connectivity index (χ1n) is 8.99. The highest BCUT2D eigenvalue weighted by molar-refractivity contribution is 5.83. The van der Waals surface area contributed by atoms with Gasteiger partial charge in [-0.2, -0.15) is 0 Å². The highest BCUT2D eigenvalue weighted by atomic mass is 16.2. The maximum atomic E-state index is 12.2. The van der Waals surface area contributed by atoms with E-state index in [-0.39, 0.29) is 17.9 Å². The molecule has 1 atom stereocenters. The van der Waals surface area contributed by atoms with E-state index in [2.05, 4.69) is 23.5 Å². The van der Waals surface area contributed by atoms with E-state index < -0.39 is 0 Å². The Morgan fingerprint density at radius 1 is 1.21 bits per heavy atom. The predicted octanol–water partition coefficient (Wildman–Crippen LogP) is 2.84. The van der Waals surface area contributed by atoms with Crippen LogP contribution in [0.15, 0.2) is 42.0 Å². The lowest BCUT2D eigenvalue weighted by Gasteiger charge is -2.18. The Hall–Kier alpha value is -2.10. The van der Waals surface area contributed by atoms with E-state index in [1.807, 2.05) is 23.1 Å². The molecule has 0 aromatic heterocycles. The van der Waals surface area contributed by atoms with Crippen LogP contribution in [0.25, 0.3) is 0 Å². The second-order valence-corrected chi connectivity index (χ2v) is 6.83. The van der Waals surface area contributed by atoms with Gasteiger partial charge in [-0.15, -0.1) is 0 Å². The largest absolute Gasteiger partial charge is 0.351 e. The molecular formula is C20H26N2O2. The lowest BCUT2D eigenvalue weighted by molar-refractivity contribution is -0.127. The molecule has 1 aromatic carbocycles. The second kappa shape index (κ2) is 8.13. The second-order valence-electron chi connectivity index (χ2n) is 6.83. The highest BCUT2D eigenvalue weighted by Gasteiger charge is 2.30. The zero-order valence-electron chi connectivity index (χ0n) is 14.2. The molecule has 1 aliphatic heterocycles. The molecule has 0 bridgehead atoms. The number of rotatable bonds is 6. The Balaban J connectivity index is 1.44. The predicted molar refractivity (Wildman–Crippen MR) is 94.4 cm³/mol. The van der Waals surface area contributed by atoms with Crippen molar-refractivity contribution >= 4 is 11.8 Å². The number of hydrogen-bond donors (Lipinski definition) is 1. The van der Waals surface area contributed by atoms with Gasteiger partial charge >= 0.3 is 0 Å². The summed E-state index contributed by atoms with van der Waals surface area (Å²) in [6, 6.07) is 10.2. The van der Waals surface area contributed by atoms with Crippen molar-refractivity contribution in [3.05, 3.63) is 47.5 Å². The molecule has 24 heavy (non-hydrogen) atoms. The van der Waals surface area contributed by atoms with Gasteiger partial charge in [0.15, 0.2) is 0 Å². The number of benzene rings is 1. The molecule has 2 amide bonds. The van der Waals surface area contributed by atoms with E-state index in [4.69, 9.17) is 0 Å². The fourth-order valence-electron chi connectivity index (χ4n) is 3.54. The lowest BCUT2D eigenvalue weighted by atomic mass is 9.97. The SMILES string of the molecule is O=C(CC1=CCCCC1)NC1CC(=O)N(CCc2ccccc2)C1. The number of nitrogens with zero attached hydrogens (tertiary/aromatic N) is 1. The average Bonchev–Trinajstić information content (AvgIpc) is 2.94. The van der Waals surface area contributed by atoms with E-state index in [1.54, 1.807) is 0 Å². The third-order valence-corrected chi connectivity index (χ3v) is 4.87. The van der Waals surface area contributed by atoms with Crippen LogP contribution >= 0.6 is 0 Å². The zero-order valence-corrected chi connectivity index (χ0v) is 14.2. The quantitative estimate of drug-likeness (QED) is 0.817. The van der Waals surface area contributed by atoms with E-state index in [1.165, 1.54) is 24.0 Å².